The van der Waals surface area contributed by atoms with Gasteiger partial charge in [0.15, 0.2) is 18.2 Å². The maximum Gasteiger partial charge on any atom is 0.344 e. The summed E-state index contributed by atoms with van der Waals surface area (Å²) in [6, 6.07) is 8.29. The lowest BCUT2D eigenvalue weighted by atomic mass is 9.96. The van der Waals surface area contributed by atoms with Crippen molar-refractivity contribution >= 4 is 21.9 Å². The fraction of sp³-hybridized carbons (Fsp3) is 0.350. The summed E-state index contributed by atoms with van der Waals surface area (Å²) in [5.74, 6) is -0.652. The van der Waals surface area contributed by atoms with Crippen LogP contribution in [0.25, 0.3) is 0 Å². The van der Waals surface area contributed by atoms with Crippen molar-refractivity contribution in [2.24, 2.45) is 0 Å². The fourth-order valence-electron chi connectivity index (χ4n) is 2.55. The lowest BCUT2D eigenvalue weighted by molar-refractivity contribution is -0.145. The van der Waals surface area contributed by atoms with E-state index in [-0.39, 0.29) is 30.6 Å². The minimum Gasteiger partial charge on any atom is -0.508 e. The van der Waals surface area contributed by atoms with Gasteiger partial charge in [-0.25, -0.2) is 9.18 Å². The van der Waals surface area contributed by atoms with Crippen LogP contribution in [-0.2, 0) is 16.0 Å². The van der Waals surface area contributed by atoms with Gasteiger partial charge in [0.2, 0.25) is 0 Å². The van der Waals surface area contributed by atoms with Gasteiger partial charge in [-0.2, -0.15) is 0 Å². The van der Waals surface area contributed by atoms with Crippen LogP contribution in [0.2, 0.25) is 0 Å². The molecule has 0 amide bonds. The molecule has 140 valence electrons. The van der Waals surface area contributed by atoms with Crippen LogP contribution in [0, 0.1) is 5.82 Å². The molecule has 0 radical (unpaired) electrons. The van der Waals surface area contributed by atoms with Gasteiger partial charge in [0.05, 0.1) is 6.61 Å². The van der Waals surface area contributed by atoms with Crippen LogP contribution in [0.5, 0.6) is 11.5 Å². The van der Waals surface area contributed by atoms with E-state index in [0.717, 1.165) is 16.7 Å². The van der Waals surface area contributed by atoms with Crippen LogP contribution in [0.3, 0.4) is 0 Å². The fourth-order valence-corrected chi connectivity index (χ4v) is 3.01. The number of benzene rings is 2. The molecule has 0 saturated heterocycles. The Bertz CT molecular complexity index is 790. The lowest BCUT2D eigenvalue weighted by Gasteiger charge is -2.13. The Labute approximate surface area is 161 Å². The Hall–Kier alpha value is -2.08. The van der Waals surface area contributed by atoms with E-state index < -0.39 is 11.8 Å². The first-order valence-corrected chi connectivity index (χ1v) is 9.19. The Balaban J connectivity index is 2.17. The summed E-state index contributed by atoms with van der Waals surface area (Å²) in [5.41, 5.74) is 2.56. The van der Waals surface area contributed by atoms with Gasteiger partial charge in [0, 0.05) is 4.47 Å². The van der Waals surface area contributed by atoms with Crippen LogP contribution in [0.4, 0.5) is 4.39 Å². The SMILES string of the molecule is CCOC(=O)COc1cc(Br)c(Cc2ccc(O)c(C(C)C)c2)cc1F. The Kier molecular flexibility index (Phi) is 7.03. The Morgan fingerprint density at radius 2 is 2.00 bits per heavy atom. The summed E-state index contributed by atoms with van der Waals surface area (Å²) in [4.78, 5) is 11.3. The predicted octanol–water partition coefficient (Wildman–Crippen LogP) is 4.95. The molecule has 2 aromatic rings. The van der Waals surface area contributed by atoms with Gasteiger partial charge in [-0.15, -0.1) is 0 Å². The highest BCUT2D eigenvalue weighted by atomic mass is 79.9. The first kappa shape index (κ1) is 20.2. The zero-order valence-electron chi connectivity index (χ0n) is 15.0. The second-order valence-corrected chi connectivity index (χ2v) is 7.05. The zero-order chi connectivity index (χ0) is 19.3. The number of esters is 1. The molecular weight excluding hydrogens is 403 g/mol. The Morgan fingerprint density at radius 3 is 2.65 bits per heavy atom. The molecule has 0 aliphatic rings. The van der Waals surface area contributed by atoms with E-state index in [1.807, 2.05) is 26.0 Å². The third-order valence-corrected chi connectivity index (χ3v) is 4.60. The first-order chi connectivity index (χ1) is 12.3. The van der Waals surface area contributed by atoms with Crippen molar-refractivity contribution in [3.05, 3.63) is 57.3 Å². The molecule has 0 aromatic heterocycles. The van der Waals surface area contributed by atoms with Gasteiger partial charge in [0.25, 0.3) is 0 Å². The van der Waals surface area contributed by atoms with E-state index >= 15 is 0 Å². The maximum atomic E-state index is 14.3. The summed E-state index contributed by atoms with van der Waals surface area (Å²) in [7, 11) is 0. The monoisotopic (exact) mass is 424 g/mol. The summed E-state index contributed by atoms with van der Waals surface area (Å²) < 4.78 is 24.9. The number of hydrogen-bond donors (Lipinski definition) is 1. The highest BCUT2D eigenvalue weighted by molar-refractivity contribution is 9.10. The smallest absolute Gasteiger partial charge is 0.344 e. The Morgan fingerprint density at radius 1 is 1.27 bits per heavy atom. The van der Waals surface area contributed by atoms with E-state index in [1.165, 1.54) is 12.1 Å². The average molecular weight is 425 g/mol. The van der Waals surface area contributed by atoms with Crippen molar-refractivity contribution in [1.29, 1.82) is 0 Å². The van der Waals surface area contributed by atoms with Gasteiger partial charge in [-0.1, -0.05) is 41.9 Å². The first-order valence-electron chi connectivity index (χ1n) is 8.40. The standard InChI is InChI=1S/C20H22BrFO4/c1-4-25-20(24)11-26-19-10-16(21)14(9-17(19)22)7-13-5-6-18(23)15(8-13)12(2)3/h5-6,8-10,12,23H,4,7,11H2,1-3H3. The molecule has 2 rings (SSSR count). The summed E-state index contributed by atoms with van der Waals surface area (Å²) in [6.07, 6.45) is 0.496. The van der Waals surface area contributed by atoms with Crippen molar-refractivity contribution in [3.63, 3.8) is 0 Å². The number of carbonyl (C=O) groups is 1. The van der Waals surface area contributed by atoms with Crippen LogP contribution in [0.1, 0.15) is 43.4 Å². The molecule has 26 heavy (non-hydrogen) atoms. The summed E-state index contributed by atoms with van der Waals surface area (Å²) in [5, 5.41) is 9.93. The van der Waals surface area contributed by atoms with Crippen LogP contribution in [0.15, 0.2) is 34.8 Å². The maximum absolute atomic E-state index is 14.3. The molecule has 0 saturated carbocycles. The molecule has 0 atom stereocenters. The largest absolute Gasteiger partial charge is 0.508 e. The zero-order valence-corrected chi connectivity index (χ0v) is 16.6. The summed E-state index contributed by atoms with van der Waals surface area (Å²) >= 11 is 3.43. The topological polar surface area (TPSA) is 55.8 Å². The molecule has 0 unspecified atom stereocenters. The molecule has 0 spiro atoms. The minimum absolute atomic E-state index is 0.0118. The highest BCUT2D eigenvalue weighted by Crippen LogP contribution is 2.31. The van der Waals surface area contributed by atoms with Gasteiger partial charge in [0.1, 0.15) is 5.75 Å². The molecule has 0 heterocycles. The molecule has 6 heteroatoms. The van der Waals surface area contributed by atoms with Gasteiger partial charge < -0.3 is 14.6 Å². The number of phenols is 1. The van der Waals surface area contributed by atoms with E-state index in [1.54, 1.807) is 13.0 Å². The second kappa shape index (κ2) is 9.03. The van der Waals surface area contributed by atoms with Crippen molar-refractivity contribution in [3.8, 4) is 11.5 Å². The van der Waals surface area contributed by atoms with Gasteiger partial charge in [-0.3, -0.25) is 0 Å². The van der Waals surface area contributed by atoms with E-state index in [4.69, 9.17) is 9.47 Å². The van der Waals surface area contributed by atoms with Gasteiger partial charge >= 0.3 is 5.97 Å². The molecule has 0 bridgehead atoms. The molecule has 1 N–H and O–H groups in total. The van der Waals surface area contributed by atoms with Crippen molar-refractivity contribution in [1.82, 2.24) is 0 Å². The number of aromatic hydroxyl groups is 1. The predicted molar refractivity (Wildman–Crippen MR) is 101 cm³/mol. The third-order valence-electron chi connectivity index (χ3n) is 3.86. The van der Waals surface area contributed by atoms with Crippen LogP contribution >= 0.6 is 15.9 Å². The number of halogens is 2. The minimum atomic E-state index is -0.546. The van der Waals surface area contributed by atoms with E-state index in [0.29, 0.717) is 10.9 Å². The van der Waals surface area contributed by atoms with Crippen LogP contribution in [-0.4, -0.2) is 24.3 Å². The highest BCUT2D eigenvalue weighted by Gasteiger charge is 2.13. The molecule has 0 aliphatic carbocycles. The molecule has 0 fully saturated rings. The van der Waals surface area contributed by atoms with Crippen molar-refractivity contribution in [2.75, 3.05) is 13.2 Å². The number of carbonyl (C=O) groups excluding carboxylic acids is 1. The number of phenolic OH excluding ortho intramolecular Hbond substituents is 1. The third kappa shape index (κ3) is 5.21. The van der Waals surface area contributed by atoms with E-state index in [2.05, 4.69) is 15.9 Å². The van der Waals surface area contributed by atoms with Crippen LogP contribution < -0.4 is 4.74 Å². The van der Waals surface area contributed by atoms with E-state index in [9.17, 15) is 14.3 Å². The molecule has 4 nitrogen and oxygen atoms in total. The van der Waals surface area contributed by atoms with Crippen molar-refractivity contribution < 1.29 is 23.8 Å². The summed E-state index contributed by atoms with van der Waals surface area (Å²) in [6.45, 7) is 5.61. The quantitative estimate of drug-likeness (QED) is 0.638. The molecular formula is C20H22BrFO4. The normalized spacial score (nSPS) is 10.8. The number of ether oxygens (including phenoxy) is 2. The van der Waals surface area contributed by atoms with Gasteiger partial charge in [-0.05, 0) is 54.2 Å². The number of rotatable bonds is 7. The number of hydrogen-bond acceptors (Lipinski definition) is 4. The molecule has 0 aliphatic heterocycles. The average Bonchev–Trinajstić information content (AvgIpc) is 2.58. The lowest BCUT2D eigenvalue weighted by Crippen LogP contribution is -2.15. The second-order valence-electron chi connectivity index (χ2n) is 6.19. The van der Waals surface area contributed by atoms with Crippen molar-refractivity contribution in [2.45, 2.75) is 33.1 Å². The molecule has 2 aromatic carbocycles.